The number of carbonyl (C=O) groups excluding carboxylic acids is 1. The number of hydrogen-bond donors (Lipinski definition) is 0. The Morgan fingerprint density at radius 1 is 2.00 bits per heavy atom. The maximum Gasteiger partial charge on any atom is 0.126 e. The van der Waals surface area contributed by atoms with Crippen molar-refractivity contribution in [2.45, 2.75) is 13.0 Å². The molecule has 0 fully saturated rings. The number of hydrogen-bond acceptors (Lipinski definition) is 1. The van der Waals surface area contributed by atoms with Gasteiger partial charge in [-0.3, -0.25) is 0 Å². The molecule has 0 spiro atoms. The number of ketones is 1. The Bertz CT molecular complexity index is 42.2. The normalized spacial score (nSPS) is 8.20. The first kappa shape index (κ1) is 4.89. The first-order valence-electron chi connectivity index (χ1n) is 1.76. The lowest BCUT2D eigenvalue weighted by atomic mass is 10.5. The van der Waals surface area contributed by atoms with E-state index < -0.39 is 0 Å². The summed E-state index contributed by atoms with van der Waals surface area (Å²) in [5, 5.41) is 0. The summed E-state index contributed by atoms with van der Waals surface area (Å²) in [7, 11) is 1.02. The zero-order valence-electron chi connectivity index (χ0n) is 3.62. The monoisotopic (exact) mass is 88.0 g/mol. The summed E-state index contributed by atoms with van der Waals surface area (Å²) in [5.74, 6) is 0.316. The fourth-order valence-electron chi connectivity index (χ4n) is 0. The van der Waals surface area contributed by atoms with E-state index >= 15 is 0 Å². The molecule has 0 aromatic carbocycles. The van der Waals surface area contributed by atoms with E-state index in [1.54, 1.807) is 6.92 Å². The fraction of sp³-hybridized carbons (Fsp3) is 0.667. The highest BCUT2D eigenvalue weighted by Gasteiger charge is 1.77. The van der Waals surface area contributed by atoms with E-state index in [0.717, 1.165) is 16.3 Å². The molecule has 0 amide bonds. The van der Waals surface area contributed by atoms with Crippen molar-refractivity contribution in [3.05, 3.63) is 0 Å². The first-order chi connectivity index (χ1) is 2.27. The number of rotatable bonds is 1. The van der Waals surface area contributed by atoms with Crippen LogP contribution in [0.2, 0.25) is 6.04 Å². The van der Waals surface area contributed by atoms with Crippen molar-refractivity contribution < 1.29 is 4.79 Å². The Morgan fingerprint density at radius 2 is 2.20 bits per heavy atom. The molecule has 0 N–H and O–H groups in total. The molecule has 30 valence electrons. The zero-order valence-corrected chi connectivity index (χ0v) is 5.62. The molecule has 0 aliphatic rings. The van der Waals surface area contributed by atoms with Crippen molar-refractivity contribution in [3.63, 3.8) is 0 Å². The molecule has 2 heteroatoms. The van der Waals surface area contributed by atoms with Gasteiger partial charge < -0.3 is 4.79 Å². The summed E-state index contributed by atoms with van der Waals surface area (Å²) in [4.78, 5) is 9.85. The van der Waals surface area contributed by atoms with Crippen LogP contribution in [0.5, 0.6) is 0 Å². The third-order valence-electron chi connectivity index (χ3n) is 0.498. The summed E-state index contributed by atoms with van der Waals surface area (Å²) in [5.41, 5.74) is 0. The molecule has 0 radical (unpaired) electrons. The summed E-state index contributed by atoms with van der Waals surface area (Å²) in [6, 6.07) is 0.806. The molecule has 0 heterocycles. The van der Waals surface area contributed by atoms with Crippen LogP contribution >= 0.6 is 0 Å². The molecular weight excluding hydrogens is 80.1 g/mol. The molecule has 1 nitrogen and oxygen atoms in total. The average Bonchev–Trinajstić information content (AvgIpc) is 1.38. The van der Waals surface area contributed by atoms with Crippen LogP contribution in [0.1, 0.15) is 6.92 Å². The van der Waals surface area contributed by atoms with Crippen molar-refractivity contribution >= 4 is 16.0 Å². The van der Waals surface area contributed by atoms with Crippen molar-refractivity contribution in [1.82, 2.24) is 0 Å². The summed E-state index contributed by atoms with van der Waals surface area (Å²) in [6.45, 7) is 1.62. The van der Waals surface area contributed by atoms with E-state index in [9.17, 15) is 4.79 Å². The summed E-state index contributed by atoms with van der Waals surface area (Å²) in [6.07, 6.45) is 0. The second kappa shape index (κ2) is 2.14. The quantitative estimate of drug-likeness (QED) is 0.390. The van der Waals surface area contributed by atoms with Gasteiger partial charge in [0, 0.05) is 10.2 Å². The van der Waals surface area contributed by atoms with Gasteiger partial charge in [0.15, 0.2) is 0 Å². The Balaban J connectivity index is 2.85. The van der Waals surface area contributed by atoms with Gasteiger partial charge in [0.05, 0.1) is 0 Å². The minimum absolute atomic E-state index is 0.316. The Labute approximate surface area is 34.8 Å². The molecule has 0 bridgehead atoms. The van der Waals surface area contributed by atoms with Crippen LogP contribution in [0.3, 0.4) is 0 Å². The van der Waals surface area contributed by atoms with Gasteiger partial charge in [0.1, 0.15) is 5.78 Å². The van der Waals surface area contributed by atoms with Gasteiger partial charge in [-0.1, -0.05) is 0 Å². The van der Waals surface area contributed by atoms with Crippen molar-refractivity contribution in [3.8, 4) is 0 Å². The van der Waals surface area contributed by atoms with Crippen LogP contribution in [0.15, 0.2) is 0 Å². The van der Waals surface area contributed by atoms with Crippen LogP contribution in [-0.2, 0) is 4.79 Å². The number of Topliss-reactive ketones (excluding diaryl/α,β-unsaturated/α-hetero) is 1. The third kappa shape index (κ3) is 3.89. The summed E-state index contributed by atoms with van der Waals surface area (Å²) >= 11 is 0. The molecule has 0 aliphatic heterocycles. The molecule has 0 atom stereocenters. The first-order valence-corrected chi connectivity index (χ1v) is 3.18. The molecule has 0 rings (SSSR count). The smallest absolute Gasteiger partial charge is 0.126 e. The van der Waals surface area contributed by atoms with E-state index in [1.165, 1.54) is 0 Å². The minimum atomic E-state index is 0.316. The maximum atomic E-state index is 9.85. The lowest BCUT2D eigenvalue weighted by molar-refractivity contribution is -0.114. The molecule has 0 saturated carbocycles. The molecular formula is C3H8OSi. The van der Waals surface area contributed by atoms with E-state index in [4.69, 9.17) is 0 Å². The lowest BCUT2D eigenvalue weighted by Crippen LogP contribution is -1.83. The van der Waals surface area contributed by atoms with Crippen LogP contribution in [0.4, 0.5) is 0 Å². The topological polar surface area (TPSA) is 17.1 Å². The molecule has 0 saturated heterocycles. The highest BCUT2D eigenvalue weighted by atomic mass is 28.1. The molecule has 0 unspecified atom stereocenters. The highest BCUT2D eigenvalue weighted by Crippen LogP contribution is 1.68. The van der Waals surface area contributed by atoms with Gasteiger partial charge in [0.2, 0.25) is 0 Å². The standard InChI is InChI=1S/C3H8OSi/c1-3(4)2-5/h2H2,1,5H3. The third-order valence-corrected chi connectivity index (χ3v) is 1.49. The van der Waals surface area contributed by atoms with Crippen molar-refractivity contribution in [1.29, 1.82) is 0 Å². The Morgan fingerprint density at radius 3 is 2.20 bits per heavy atom. The number of carbonyl (C=O) groups is 1. The fourth-order valence-corrected chi connectivity index (χ4v) is 0. The van der Waals surface area contributed by atoms with Crippen LogP contribution in [0, 0.1) is 0 Å². The van der Waals surface area contributed by atoms with Gasteiger partial charge in [-0.25, -0.2) is 0 Å². The highest BCUT2D eigenvalue weighted by molar-refractivity contribution is 6.19. The Hall–Kier alpha value is -0.113. The molecule has 0 aliphatic carbocycles. The van der Waals surface area contributed by atoms with Gasteiger partial charge in [-0.2, -0.15) is 0 Å². The van der Waals surface area contributed by atoms with Crippen molar-refractivity contribution in [2.75, 3.05) is 0 Å². The van der Waals surface area contributed by atoms with Gasteiger partial charge in [-0.05, 0) is 13.0 Å². The molecule has 5 heavy (non-hydrogen) atoms. The predicted octanol–water partition coefficient (Wildman–Crippen LogP) is -0.641. The van der Waals surface area contributed by atoms with Crippen molar-refractivity contribution in [2.24, 2.45) is 0 Å². The second-order valence-electron chi connectivity index (χ2n) is 1.06. The second-order valence-corrected chi connectivity index (χ2v) is 1.76. The van der Waals surface area contributed by atoms with Gasteiger partial charge in [0.25, 0.3) is 0 Å². The van der Waals surface area contributed by atoms with Crippen LogP contribution in [-0.4, -0.2) is 16.0 Å². The molecule has 0 aromatic heterocycles. The molecule has 0 aromatic rings. The van der Waals surface area contributed by atoms with E-state index in [0.29, 0.717) is 5.78 Å². The predicted molar refractivity (Wildman–Crippen MR) is 25.4 cm³/mol. The van der Waals surface area contributed by atoms with E-state index in [-0.39, 0.29) is 0 Å². The average molecular weight is 88.2 g/mol. The lowest BCUT2D eigenvalue weighted by Gasteiger charge is -1.71. The minimum Gasteiger partial charge on any atom is -0.300 e. The van der Waals surface area contributed by atoms with E-state index in [1.807, 2.05) is 0 Å². The Kier molecular flexibility index (Phi) is 2.10. The SMILES string of the molecule is CC(=O)C[SiH3]. The van der Waals surface area contributed by atoms with Gasteiger partial charge >= 0.3 is 0 Å². The van der Waals surface area contributed by atoms with Crippen LogP contribution in [0.25, 0.3) is 0 Å². The van der Waals surface area contributed by atoms with Crippen LogP contribution < -0.4 is 0 Å². The maximum absolute atomic E-state index is 9.85. The zero-order chi connectivity index (χ0) is 4.28. The largest absolute Gasteiger partial charge is 0.300 e. The van der Waals surface area contributed by atoms with E-state index in [2.05, 4.69) is 0 Å². The van der Waals surface area contributed by atoms with Gasteiger partial charge in [-0.15, -0.1) is 0 Å². The summed E-state index contributed by atoms with van der Waals surface area (Å²) < 4.78 is 0.